The summed E-state index contributed by atoms with van der Waals surface area (Å²) in [7, 11) is 0. The molecular weight excluding hydrogens is 232 g/mol. The van der Waals surface area contributed by atoms with Crippen molar-refractivity contribution in [2.75, 3.05) is 6.61 Å². The van der Waals surface area contributed by atoms with Gasteiger partial charge in [-0.1, -0.05) is 6.08 Å². The van der Waals surface area contributed by atoms with Crippen molar-refractivity contribution in [2.45, 2.75) is 59.0 Å². The normalized spacial score (nSPS) is 26.9. The number of esters is 1. The Kier molecular flexibility index (Phi) is 4.56. The molecule has 2 atom stereocenters. The van der Waals surface area contributed by atoms with Crippen LogP contribution >= 0.6 is 0 Å². The summed E-state index contributed by atoms with van der Waals surface area (Å²) in [4.78, 5) is 11.7. The quantitative estimate of drug-likeness (QED) is 0.573. The highest BCUT2D eigenvalue weighted by atomic mass is 16.8. The summed E-state index contributed by atoms with van der Waals surface area (Å²) in [6.45, 7) is 13.1. The molecule has 2 unspecified atom stereocenters. The molecule has 0 aromatic carbocycles. The maximum absolute atomic E-state index is 11.7. The van der Waals surface area contributed by atoms with Crippen molar-refractivity contribution >= 4 is 5.97 Å². The number of ether oxygens (including phenoxy) is 3. The van der Waals surface area contributed by atoms with E-state index in [0.717, 1.165) is 0 Å². The monoisotopic (exact) mass is 256 g/mol. The zero-order valence-corrected chi connectivity index (χ0v) is 12.0. The van der Waals surface area contributed by atoms with Gasteiger partial charge in [0.15, 0.2) is 5.79 Å². The second-order valence-electron chi connectivity index (χ2n) is 6.09. The lowest BCUT2D eigenvalue weighted by Gasteiger charge is -2.20. The highest BCUT2D eigenvalue weighted by Gasteiger charge is 2.41. The van der Waals surface area contributed by atoms with E-state index in [9.17, 15) is 4.79 Å². The Balaban J connectivity index is 2.55. The molecule has 0 saturated carbocycles. The first kappa shape index (κ1) is 15.2. The predicted molar refractivity (Wildman–Crippen MR) is 69.1 cm³/mol. The molecule has 1 rings (SSSR count). The fraction of sp³-hybridized carbons (Fsp3) is 0.786. The van der Waals surface area contributed by atoms with Crippen LogP contribution in [-0.4, -0.2) is 30.6 Å². The number of hydrogen-bond acceptors (Lipinski definition) is 4. The molecule has 0 amide bonds. The van der Waals surface area contributed by atoms with Gasteiger partial charge in [0.25, 0.3) is 0 Å². The summed E-state index contributed by atoms with van der Waals surface area (Å²) in [5, 5.41) is 0. The van der Waals surface area contributed by atoms with Crippen molar-refractivity contribution < 1.29 is 19.0 Å². The Morgan fingerprint density at radius 2 is 1.89 bits per heavy atom. The van der Waals surface area contributed by atoms with E-state index in [4.69, 9.17) is 14.2 Å². The SMILES string of the molecule is C=CCC1OC(C)(C)OC1COC(=O)C(C)(C)C. The van der Waals surface area contributed by atoms with Crippen LogP contribution in [0.15, 0.2) is 12.7 Å². The molecule has 1 fully saturated rings. The van der Waals surface area contributed by atoms with E-state index in [1.807, 2.05) is 34.6 Å². The molecular formula is C14H24O4. The Morgan fingerprint density at radius 3 is 2.39 bits per heavy atom. The summed E-state index contributed by atoms with van der Waals surface area (Å²) in [5.41, 5.74) is -0.497. The molecule has 4 heteroatoms. The summed E-state index contributed by atoms with van der Waals surface area (Å²) in [6.07, 6.45) is 2.13. The van der Waals surface area contributed by atoms with Crippen molar-refractivity contribution in [2.24, 2.45) is 5.41 Å². The number of carbonyl (C=O) groups is 1. The van der Waals surface area contributed by atoms with Gasteiger partial charge in [-0.2, -0.15) is 0 Å². The third-order valence-corrected chi connectivity index (χ3v) is 2.68. The van der Waals surface area contributed by atoms with E-state index in [-0.39, 0.29) is 24.8 Å². The van der Waals surface area contributed by atoms with Crippen LogP contribution in [0, 0.1) is 5.41 Å². The van der Waals surface area contributed by atoms with Crippen LogP contribution in [0.4, 0.5) is 0 Å². The summed E-state index contributed by atoms with van der Waals surface area (Å²) >= 11 is 0. The van der Waals surface area contributed by atoms with E-state index >= 15 is 0 Å². The van der Waals surface area contributed by atoms with Crippen molar-refractivity contribution in [3.05, 3.63) is 12.7 Å². The average Bonchev–Trinajstić information content (AvgIpc) is 2.49. The topological polar surface area (TPSA) is 44.8 Å². The van der Waals surface area contributed by atoms with Gasteiger partial charge in [0.1, 0.15) is 12.7 Å². The smallest absolute Gasteiger partial charge is 0.311 e. The van der Waals surface area contributed by atoms with E-state index < -0.39 is 11.2 Å². The number of hydrogen-bond donors (Lipinski definition) is 0. The largest absolute Gasteiger partial charge is 0.462 e. The summed E-state index contributed by atoms with van der Waals surface area (Å²) < 4.78 is 16.7. The molecule has 0 radical (unpaired) electrons. The van der Waals surface area contributed by atoms with E-state index in [0.29, 0.717) is 6.42 Å². The molecule has 1 aliphatic heterocycles. The van der Waals surface area contributed by atoms with Crippen LogP contribution in [0.25, 0.3) is 0 Å². The maximum Gasteiger partial charge on any atom is 0.311 e. The first-order valence-electron chi connectivity index (χ1n) is 6.29. The van der Waals surface area contributed by atoms with Crippen LogP contribution in [0.1, 0.15) is 41.0 Å². The number of carbonyl (C=O) groups excluding carboxylic acids is 1. The minimum Gasteiger partial charge on any atom is -0.462 e. The van der Waals surface area contributed by atoms with Gasteiger partial charge in [-0.05, 0) is 41.0 Å². The van der Waals surface area contributed by atoms with Gasteiger partial charge in [-0.3, -0.25) is 4.79 Å². The van der Waals surface area contributed by atoms with Crippen molar-refractivity contribution in [3.8, 4) is 0 Å². The lowest BCUT2D eigenvalue weighted by Crippen LogP contribution is -2.32. The molecule has 0 N–H and O–H groups in total. The average molecular weight is 256 g/mol. The van der Waals surface area contributed by atoms with Gasteiger partial charge in [-0.15, -0.1) is 6.58 Å². The van der Waals surface area contributed by atoms with Gasteiger partial charge < -0.3 is 14.2 Å². The van der Waals surface area contributed by atoms with Crippen LogP contribution < -0.4 is 0 Å². The van der Waals surface area contributed by atoms with Crippen molar-refractivity contribution in [1.29, 1.82) is 0 Å². The molecule has 1 aliphatic rings. The molecule has 18 heavy (non-hydrogen) atoms. The second kappa shape index (κ2) is 5.41. The van der Waals surface area contributed by atoms with E-state index in [2.05, 4.69) is 6.58 Å². The van der Waals surface area contributed by atoms with Crippen LogP contribution in [0.3, 0.4) is 0 Å². The number of rotatable bonds is 4. The van der Waals surface area contributed by atoms with Crippen molar-refractivity contribution in [1.82, 2.24) is 0 Å². The minimum absolute atomic E-state index is 0.106. The lowest BCUT2D eigenvalue weighted by atomic mass is 9.97. The predicted octanol–water partition coefficient (Wildman–Crippen LogP) is 2.67. The highest BCUT2D eigenvalue weighted by Crippen LogP contribution is 2.30. The van der Waals surface area contributed by atoms with Gasteiger partial charge in [0, 0.05) is 0 Å². The Morgan fingerprint density at radius 1 is 1.33 bits per heavy atom. The molecule has 0 aromatic rings. The fourth-order valence-electron chi connectivity index (χ4n) is 1.79. The third-order valence-electron chi connectivity index (χ3n) is 2.68. The first-order chi connectivity index (χ1) is 8.15. The highest BCUT2D eigenvalue weighted by molar-refractivity contribution is 5.75. The van der Waals surface area contributed by atoms with E-state index in [1.54, 1.807) is 6.08 Å². The Bertz CT molecular complexity index is 314. The molecule has 0 bridgehead atoms. The zero-order chi connectivity index (χ0) is 14.0. The summed E-state index contributed by atoms with van der Waals surface area (Å²) in [5.74, 6) is -0.861. The molecule has 0 spiro atoms. The minimum atomic E-state index is -0.632. The zero-order valence-electron chi connectivity index (χ0n) is 12.0. The molecule has 1 heterocycles. The molecule has 0 aromatic heterocycles. The molecule has 4 nitrogen and oxygen atoms in total. The van der Waals surface area contributed by atoms with Gasteiger partial charge >= 0.3 is 5.97 Å². The summed E-state index contributed by atoms with van der Waals surface area (Å²) in [6, 6.07) is 0. The Labute approximate surface area is 109 Å². The van der Waals surface area contributed by atoms with Crippen LogP contribution in [0.2, 0.25) is 0 Å². The first-order valence-corrected chi connectivity index (χ1v) is 6.29. The van der Waals surface area contributed by atoms with Gasteiger partial charge in [0.05, 0.1) is 11.5 Å². The maximum atomic E-state index is 11.7. The van der Waals surface area contributed by atoms with Crippen molar-refractivity contribution in [3.63, 3.8) is 0 Å². The Hall–Kier alpha value is -0.870. The standard InChI is InChI=1S/C14H24O4/c1-7-8-10-11(18-14(5,6)17-10)9-16-12(15)13(2,3)4/h7,10-11H,1,8-9H2,2-6H3. The van der Waals surface area contributed by atoms with Gasteiger partial charge in [-0.25, -0.2) is 0 Å². The lowest BCUT2D eigenvalue weighted by molar-refractivity contribution is -0.165. The van der Waals surface area contributed by atoms with Crippen LogP contribution in [-0.2, 0) is 19.0 Å². The fourth-order valence-corrected chi connectivity index (χ4v) is 1.79. The third kappa shape index (κ3) is 4.10. The molecule has 0 aliphatic carbocycles. The molecule has 104 valence electrons. The van der Waals surface area contributed by atoms with Crippen LogP contribution in [0.5, 0.6) is 0 Å². The second-order valence-corrected chi connectivity index (χ2v) is 6.09. The van der Waals surface area contributed by atoms with E-state index in [1.165, 1.54) is 0 Å². The van der Waals surface area contributed by atoms with Gasteiger partial charge in [0.2, 0.25) is 0 Å². The molecule has 1 saturated heterocycles.